The fraction of sp³-hybridized carbons (Fsp3) is 0.154. The molecular formula is C13H11Cl2N3O. The molecule has 0 saturated heterocycles. The topological polar surface area (TPSA) is 54.9 Å². The van der Waals surface area contributed by atoms with Crippen molar-refractivity contribution in [3.8, 4) is 0 Å². The molecule has 4 nitrogen and oxygen atoms in total. The summed E-state index contributed by atoms with van der Waals surface area (Å²) in [6, 6.07) is 7.39. The minimum atomic E-state index is -0.0399. The van der Waals surface area contributed by atoms with Gasteiger partial charge in [0.15, 0.2) is 6.29 Å². The monoisotopic (exact) mass is 295 g/mol. The minimum absolute atomic E-state index is 0.0399. The molecule has 0 bridgehead atoms. The van der Waals surface area contributed by atoms with E-state index in [1.807, 2.05) is 31.2 Å². The van der Waals surface area contributed by atoms with Gasteiger partial charge in [0.1, 0.15) is 17.3 Å². The Labute approximate surface area is 120 Å². The summed E-state index contributed by atoms with van der Waals surface area (Å²) in [7, 11) is 0. The Balaban J connectivity index is 2.23. The Hall–Kier alpha value is -1.65. The molecule has 0 radical (unpaired) electrons. The summed E-state index contributed by atoms with van der Waals surface area (Å²) in [6.07, 6.45) is 1.95. The molecule has 1 heterocycles. The van der Waals surface area contributed by atoms with Crippen molar-refractivity contribution in [3.05, 3.63) is 51.9 Å². The maximum atomic E-state index is 11.0. The number of rotatable bonds is 4. The average molecular weight is 296 g/mol. The van der Waals surface area contributed by atoms with Gasteiger partial charge in [0.2, 0.25) is 0 Å². The van der Waals surface area contributed by atoms with E-state index in [-0.39, 0.29) is 16.8 Å². The molecule has 2 aromatic rings. The number of halogens is 2. The smallest absolute Gasteiger partial charge is 0.156 e. The molecule has 1 N–H and O–H groups in total. The number of hydrogen-bond acceptors (Lipinski definition) is 4. The van der Waals surface area contributed by atoms with Crippen molar-refractivity contribution in [2.45, 2.75) is 13.0 Å². The average Bonchev–Trinajstić information content (AvgIpc) is 2.39. The van der Waals surface area contributed by atoms with Crippen LogP contribution >= 0.6 is 23.2 Å². The molecule has 0 spiro atoms. The molecule has 98 valence electrons. The third-order valence-electron chi connectivity index (χ3n) is 2.68. The lowest BCUT2D eigenvalue weighted by Crippen LogP contribution is -2.10. The Bertz CT molecular complexity index is 587. The summed E-state index contributed by atoms with van der Waals surface area (Å²) in [6.45, 7) is 1.95. The molecule has 1 aromatic carbocycles. The molecule has 1 atom stereocenters. The SMILES string of the molecule is CC(Nc1ncnc(Cl)c1C=O)c1ccc(Cl)cc1. The van der Waals surface area contributed by atoms with E-state index in [2.05, 4.69) is 15.3 Å². The highest BCUT2D eigenvalue weighted by Gasteiger charge is 2.12. The van der Waals surface area contributed by atoms with Crippen LogP contribution in [0.4, 0.5) is 5.82 Å². The second-order valence-corrected chi connectivity index (χ2v) is 4.76. The van der Waals surface area contributed by atoms with E-state index < -0.39 is 0 Å². The van der Waals surface area contributed by atoms with Gasteiger partial charge in [-0.3, -0.25) is 4.79 Å². The summed E-state index contributed by atoms with van der Waals surface area (Å²) in [4.78, 5) is 18.8. The highest BCUT2D eigenvalue weighted by Crippen LogP contribution is 2.23. The van der Waals surface area contributed by atoms with Crippen molar-refractivity contribution in [2.75, 3.05) is 5.32 Å². The molecule has 0 amide bonds. The Morgan fingerprint density at radius 1 is 1.21 bits per heavy atom. The van der Waals surface area contributed by atoms with Crippen molar-refractivity contribution in [1.29, 1.82) is 0 Å². The molecular weight excluding hydrogens is 285 g/mol. The first kappa shape index (κ1) is 13.8. The number of benzene rings is 1. The summed E-state index contributed by atoms with van der Waals surface area (Å²) >= 11 is 11.7. The predicted octanol–water partition coefficient (Wildman–Crippen LogP) is 3.77. The molecule has 19 heavy (non-hydrogen) atoms. The van der Waals surface area contributed by atoms with Crippen LogP contribution in [0.25, 0.3) is 0 Å². The van der Waals surface area contributed by atoms with Crippen molar-refractivity contribution in [2.24, 2.45) is 0 Å². The van der Waals surface area contributed by atoms with E-state index in [1.165, 1.54) is 6.33 Å². The molecule has 0 fully saturated rings. The fourth-order valence-electron chi connectivity index (χ4n) is 1.63. The van der Waals surface area contributed by atoms with Crippen LogP contribution in [0.1, 0.15) is 28.9 Å². The van der Waals surface area contributed by atoms with Crippen LogP contribution in [0, 0.1) is 0 Å². The van der Waals surface area contributed by atoms with Crippen LogP contribution in [0.3, 0.4) is 0 Å². The summed E-state index contributed by atoms with van der Waals surface area (Å²) in [5.74, 6) is 0.414. The van der Waals surface area contributed by atoms with Gasteiger partial charge in [0.25, 0.3) is 0 Å². The Morgan fingerprint density at radius 2 is 1.89 bits per heavy atom. The molecule has 0 aliphatic heterocycles. The van der Waals surface area contributed by atoms with Crippen LogP contribution in [-0.4, -0.2) is 16.3 Å². The molecule has 1 aromatic heterocycles. The number of aromatic nitrogens is 2. The van der Waals surface area contributed by atoms with Gasteiger partial charge in [0.05, 0.1) is 5.56 Å². The number of anilines is 1. The van der Waals surface area contributed by atoms with Crippen molar-refractivity contribution < 1.29 is 4.79 Å². The number of hydrogen-bond donors (Lipinski definition) is 1. The largest absolute Gasteiger partial charge is 0.363 e. The first-order valence-corrected chi connectivity index (χ1v) is 6.35. The van der Waals surface area contributed by atoms with Gasteiger partial charge in [-0.25, -0.2) is 9.97 Å². The van der Waals surface area contributed by atoms with Crippen LogP contribution < -0.4 is 5.32 Å². The predicted molar refractivity (Wildman–Crippen MR) is 75.9 cm³/mol. The molecule has 0 aliphatic carbocycles. The van der Waals surface area contributed by atoms with Gasteiger partial charge < -0.3 is 5.32 Å². The third kappa shape index (κ3) is 3.22. The van der Waals surface area contributed by atoms with Crippen LogP contribution in [0.2, 0.25) is 10.2 Å². The van der Waals surface area contributed by atoms with Gasteiger partial charge in [-0.15, -0.1) is 0 Å². The molecule has 2 rings (SSSR count). The summed E-state index contributed by atoms with van der Waals surface area (Å²) in [5, 5.41) is 3.94. The maximum absolute atomic E-state index is 11.0. The van der Waals surface area contributed by atoms with E-state index >= 15 is 0 Å². The van der Waals surface area contributed by atoms with E-state index in [0.717, 1.165) is 5.56 Å². The lowest BCUT2D eigenvalue weighted by atomic mass is 10.1. The number of carbonyl (C=O) groups is 1. The van der Waals surface area contributed by atoms with E-state index in [0.29, 0.717) is 17.1 Å². The summed E-state index contributed by atoms with van der Waals surface area (Å²) in [5.41, 5.74) is 1.28. The number of carbonyl (C=O) groups excluding carboxylic acids is 1. The van der Waals surface area contributed by atoms with Gasteiger partial charge in [0, 0.05) is 11.1 Å². The number of nitrogens with zero attached hydrogens (tertiary/aromatic N) is 2. The highest BCUT2D eigenvalue weighted by molar-refractivity contribution is 6.32. The highest BCUT2D eigenvalue weighted by atomic mass is 35.5. The number of aldehydes is 1. The first-order valence-electron chi connectivity index (χ1n) is 5.59. The summed E-state index contributed by atoms with van der Waals surface area (Å²) < 4.78 is 0. The minimum Gasteiger partial charge on any atom is -0.363 e. The lowest BCUT2D eigenvalue weighted by Gasteiger charge is -2.16. The Kier molecular flexibility index (Phi) is 4.35. The quantitative estimate of drug-likeness (QED) is 0.689. The van der Waals surface area contributed by atoms with Crippen molar-refractivity contribution >= 4 is 35.3 Å². The van der Waals surface area contributed by atoms with Crippen LogP contribution in [0.5, 0.6) is 0 Å². The third-order valence-corrected chi connectivity index (χ3v) is 3.23. The van der Waals surface area contributed by atoms with E-state index in [4.69, 9.17) is 23.2 Å². The fourth-order valence-corrected chi connectivity index (χ4v) is 1.94. The van der Waals surface area contributed by atoms with Gasteiger partial charge in [-0.05, 0) is 24.6 Å². The first-order chi connectivity index (χ1) is 9.11. The van der Waals surface area contributed by atoms with Crippen LogP contribution in [-0.2, 0) is 0 Å². The van der Waals surface area contributed by atoms with Gasteiger partial charge in [-0.2, -0.15) is 0 Å². The zero-order valence-corrected chi connectivity index (χ0v) is 11.6. The standard InChI is InChI=1S/C13H11Cl2N3O/c1-8(9-2-4-10(14)5-3-9)18-13-11(6-19)12(15)16-7-17-13/h2-8H,1H3,(H,16,17,18). The molecule has 0 saturated carbocycles. The molecule has 0 aliphatic rings. The normalized spacial score (nSPS) is 11.9. The molecule has 6 heteroatoms. The van der Waals surface area contributed by atoms with Crippen molar-refractivity contribution in [1.82, 2.24) is 9.97 Å². The maximum Gasteiger partial charge on any atom is 0.156 e. The zero-order chi connectivity index (χ0) is 13.8. The molecule has 1 unspecified atom stereocenters. The van der Waals surface area contributed by atoms with E-state index in [9.17, 15) is 4.79 Å². The van der Waals surface area contributed by atoms with E-state index in [1.54, 1.807) is 0 Å². The van der Waals surface area contributed by atoms with Crippen LogP contribution in [0.15, 0.2) is 30.6 Å². The van der Waals surface area contributed by atoms with Gasteiger partial charge >= 0.3 is 0 Å². The lowest BCUT2D eigenvalue weighted by molar-refractivity contribution is 0.112. The zero-order valence-electron chi connectivity index (χ0n) is 10.1. The van der Waals surface area contributed by atoms with Gasteiger partial charge in [-0.1, -0.05) is 35.3 Å². The van der Waals surface area contributed by atoms with Crippen molar-refractivity contribution in [3.63, 3.8) is 0 Å². The second kappa shape index (κ2) is 5.99. The number of nitrogens with one attached hydrogen (secondary N) is 1. The second-order valence-electron chi connectivity index (χ2n) is 3.96. The Morgan fingerprint density at radius 3 is 2.53 bits per heavy atom.